The zero-order chi connectivity index (χ0) is 22.4. The molecule has 2 saturated heterocycles. The van der Waals surface area contributed by atoms with Crippen LogP contribution in [0.15, 0.2) is 0 Å². The van der Waals surface area contributed by atoms with Crippen molar-refractivity contribution in [1.82, 2.24) is 15.3 Å². The molecule has 0 aromatic rings. The van der Waals surface area contributed by atoms with E-state index < -0.39 is 43.5 Å². The summed E-state index contributed by atoms with van der Waals surface area (Å²) in [5.74, 6) is -2.11. The number of carbonyl (C=O) groups excluding carboxylic acids is 2. The number of rotatable bonds is 10. The second kappa shape index (κ2) is 10.8. The first kappa shape index (κ1) is 24.9. The summed E-state index contributed by atoms with van der Waals surface area (Å²) < 4.78 is 16.0. The Bertz CT molecular complexity index is 629. The SMILES string of the molecule is C[C@H](N[P+]1(O)OCC(C)(C)[C@H](C(=O)NCCC(=O)OCCN2CCCC2)O1)C(=O)O. The van der Waals surface area contributed by atoms with Crippen molar-refractivity contribution in [2.24, 2.45) is 5.41 Å². The van der Waals surface area contributed by atoms with E-state index in [1.807, 2.05) is 0 Å². The highest BCUT2D eigenvalue weighted by molar-refractivity contribution is 7.58. The van der Waals surface area contributed by atoms with E-state index in [0.717, 1.165) is 13.1 Å². The van der Waals surface area contributed by atoms with Gasteiger partial charge in [0.05, 0.1) is 6.42 Å². The number of aliphatic carboxylic acids is 1. The zero-order valence-electron chi connectivity index (χ0n) is 17.8. The van der Waals surface area contributed by atoms with Crippen LogP contribution in [0.25, 0.3) is 0 Å². The summed E-state index contributed by atoms with van der Waals surface area (Å²) >= 11 is 0. The van der Waals surface area contributed by atoms with Gasteiger partial charge >= 0.3 is 20.0 Å². The van der Waals surface area contributed by atoms with Crippen LogP contribution in [0.4, 0.5) is 0 Å². The number of likely N-dealkylation sites (tertiary alicyclic amines) is 1. The van der Waals surface area contributed by atoms with Gasteiger partial charge < -0.3 is 15.2 Å². The average molecular weight is 450 g/mol. The molecule has 0 aromatic heterocycles. The fourth-order valence-corrected chi connectivity index (χ4v) is 5.13. The lowest BCUT2D eigenvalue weighted by Gasteiger charge is -2.37. The molecule has 2 heterocycles. The van der Waals surface area contributed by atoms with Gasteiger partial charge in [0, 0.05) is 18.5 Å². The Morgan fingerprint density at radius 2 is 1.97 bits per heavy atom. The van der Waals surface area contributed by atoms with Crippen LogP contribution in [-0.2, 0) is 28.2 Å². The Morgan fingerprint density at radius 1 is 1.30 bits per heavy atom. The van der Waals surface area contributed by atoms with Crippen molar-refractivity contribution in [2.45, 2.75) is 52.2 Å². The number of carboxylic acid groups (broad SMARTS) is 1. The van der Waals surface area contributed by atoms with Gasteiger partial charge in [-0.15, -0.1) is 9.61 Å². The molecule has 3 atom stereocenters. The molecule has 1 amide bonds. The number of ether oxygens (including phenoxy) is 1. The topological polar surface area (TPSA) is 147 Å². The van der Waals surface area contributed by atoms with Crippen LogP contribution >= 0.6 is 8.09 Å². The van der Waals surface area contributed by atoms with Crippen LogP contribution in [0.3, 0.4) is 0 Å². The van der Waals surface area contributed by atoms with Crippen molar-refractivity contribution in [3.8, 4) is 0 Å². The van der Waals surface area contributed by atoms with E-state index in [4.69, 9.17) is 18.9 Å². The molecule has 30 heavy (non-hydrogen) atoms. The first-order chi connectivity index (χ1) is 14.0. The number of nitrogens with one attached hydrogen (secondary N) is 2. The summed E-state index contributed by atoms with van der Waals surface area (Å²) in [6.45, 7) is 7.95. The number of carbonyl (C=O) groups is 3. The van der Waals surface area contributed by atoms with Crippen molar-refractivity contribution in [3.05, 3.63) is 0 Å². The Morgan fingerprint density at radius 3 is 2.60 bits per heavy atom. The van der Waals surface area contributed by atoms with Crippen LogP contribution < -0.4 is 10.4 Å². The number of amides is 1. The van der Waals surface area contributed by atoms with Gasteiger partial charge in [-0.1, -0.05) is 13.8 Å². The molecule has 172 valence electrons. The van der Waals surface area contributed by atoms with E-state index in [1.54, 1.807) is 13.8 Å². The maximum atomic E-state index is 12.6. The van der Waals surface area contributed by atoms with Gasteiger partial charge in [0.1, 0.15) is 19.3 Å². The Kier molecular flexibility index (Phi) is 8.96. The number of hydrogen-bond donors (Lipinski definition) is 4. The molecule has 0 aliphatic carbocycles. The van der Waals surface area contributed by atoms with E-state index in [2.05, 4.69) is 15.3 Å². The van der Waals surface area contributed by atoms with Gasteiger partial charge in [-0.05, 0) is 32.9 Å². The molecule has 0 spiro atoms. The number of carboxylic acids is 1. The van der Waals surface area contributed by atoms with E-state index in [9.17, 15) is 19.3 Å². The monoisotopic (exact) mass is 450 g/mol. The largest absolute Gasteiger partial charge is 0.500 e. The van der Waals surface area contributed by atoms with E-state index in [0.29, 0.717) is 13.2 Å². The first-order valence-electron chi connectivity index (χ1n) is 10.1. The third-order valence-electron chi connectivity index (χ3n) is 5.03. The lowest BCUT2D eigenvalue weighted by atomic mass is 9.87. The van der Waals surface area contributed by atoms with Crippen LogP contribution in [0, 0.1) is 5.41 Å². The molecular formula is C18H33N3O8P+. The molecule has 12 heteroatoms. The van der Waals surface area contributed by atoms with Crippen LogP contribution in [0.1, 0.15) is 40.0 Å². The molecule has 0 bridgehead atoms. The second-order valence-corrected chi connectivity index (χ2v) is 10.0. The van der Waals surface area contributed by atoms with Crippen LogP contribution in [-0.4, -0.2) is 84.3 Å². The van der Waals surface area contributed by atoms with E-state index >= 15 is 0 Å². The van der Waals surface area contributed by atoms with E-state index in [1.165, 1.54) is 19.8 Å². The normalized spacial score (nSPS) is 27.4. The van der Waals surface area contributed by atoms with E-state index in [-0.39, 0.29) is 19.6 Å². The summed E-state index contributed by atoms with van der Waals surface area (Å²) in [7, 11) is -3.73. The van der Waals surface area contributed by atoms with Crippen LogP contribution in [0.2, 0.25) is 0 Å². The predicted octanol–water partition coefficient (Wildman–Crippen LogP) is 0.306. The molecule has 11 nitrogen and oxygen atoms in total. The smallest absolute Gasteiger partial charge is 0.480 e. The minimum atomic E-state index is -3.73. The minimum absolute atomic E-state index is 0.00670. The molecule has 0 radical (unpaired) electrons. The molecule has 1 unspecified atom stereocenters. The molecular weight excluding hydrogens is 417 g/mol. The average Bonchev–Trinajstić information content (AvgIpc) is 3.17. The highest BCUT2D eigenvalue weighted by Crippen LogP contribution is 2.60. The molecule has 2 aliphatic rings. The summed E-state index contributed by atoms with van der Waals surface area (Å²) in [6.07, 6.45) is 1.28. The highest BCUT2D eigenvalue weighted by atomic mass is 31.2. The summed E-state index contributed by atoms with van der Waals surface area (Å²) in [5.41, 5.74) is -0.763. The number of hydrogen-bond acceptors (Lipinski definition) is 9. The van der Waals surface area contributed by atoms with Crippen molar-refractivity contribution in [3.63, 3.8) is 0 Å². The number of esters is 1. The van der Waals surface area contributed by atoms with Gasteiger partial charge in [-0.2, -0.15) is 9.42 Å². The minimum Gasteiger partial charge on any atom is -0.480 e. The fraction of sp³-hybridized carbons (Fsp3) is 0.833. The predicted molar refractivity (Wildman–Crippen MR) is 108 cm³/mol. The zero-order valence-corrected chi connectivity index (χ0v) is 18.7. The van der Waals surface area contributed by atoms with Gasteiger partial charge in [-0.3, -0.25) is 19.3 Å². The maximum absolute atomic E-state index is 12.6. The van der Waals surface area contributed by atoms with Crippen molar-refractivity contribution in [1.29, 1.82) is 0 Å². The van der Waals surface area contributed by atoms with Crippen molar-refractivity contribution < 1.29 is 38.2 Å². The molecule has 0 aromatic carbocycles. The molecule has 2 fully saturated rings. The molecule has 0 saturated carbocycles. The summed E-state index contributed by atoms with van der Waals surface area (Å²) in [5, 5.41) is 14.0. The lowest BCUT2D eigenvalue weighted by molar-refractivity contribution is -0.144. The Labute approximate surface area is 177 Å². The van der Waals surface area contributed by atoms with Gasteiger partial charge in [0.25, 0.3) is 5.91 Å². The Hall–Kier alpha value is -1.36. The van der Waals surface area contributed by atoms with Gasteiger partial charge in [0.2, 0.25) is 0 Å². The van der Waals surface area contributed by atoms with Crippen LogP contribution in [0.5, 0.6) is 0 Å². The third-order valence-corrected chi connectivity index (χ3v) is 6.72. The van der Waals surface area contributed by atoms with Gasteiger partial charge in [0.15, 0.2) is 6.10 Å². The first-order valence-corrected chi connectivity index (χ1v) is 11.7. The molecule has 4 N–H and O–H groups in total. The maximum Gasteiger partial charge on any atom is 0.500 e. The molecule has 2 aliphatic heterocycles. The third kappa shape index (κ3) is 7.40. The fourth-order valence-electron chi connectivity index (χ4n) is 3.16. The molecule has 2 rings (SSSR count). The highest BCUT2D eigenvalue weighted by Gasteiger charge is 2.58. The van der Waals surface area contributed by atoms with Crippen molar-refractivity contribution >= 4 is 25.9 Å². The van der Waals surface area contributed by atoms with Gasteiger partial charge in [-0.25, -0.2) is 0 Å². The standard InChI is InChI=1S/C18H32N3O8P/c1-13(17(24)25)20-30(26)28-12-18(2,3)15(29-30)16(23)19-7-6-14(22)27-11-10-21-8-4-5-9-21/h13,15,20,26H,4-12H2,1-3H3,(H-,19,23,24,25)/p+1/t13-,15-,30?/m0/s1. The summed E-state index contributed by atoms with van der Waals surface area (Å²) in [6, 6.07) is -1.12. The second-order valence-electron chi connectivity index (χ2n) is 8.27. The quantitative estimate of drug-likeness (QED) is 0.271. The Balaban J connectivity index is 1.77. The number of nitrogens with zero attached hydrogens (tertiary/aromatic N) is 1. The summed E-state index contributed by atoms with van der Waals surface area (Å²) in [4.78, 5) is 48.2. The lowest BCUT2D eigenvalue weighted by Crippen LogP contribution is -2.52. The van der Waals surface area contributed by atoms with Crippen molar-refractivity contribution in [2.75, 3.05) is 39.4 Å².